The first kappa shape index (κ1) is 27.1. The summed E-state index contributed by atoms with van der Waals surface area (Å²) in [6.07, 6.45) is 0. The molecule has 0 aliphatic carbocycles. The second-order valence-electron chi connectivity index (χ2n) is 7.02. The molecule has 0 aliphatic rings. The molecule has 1 unspecified atom stereocenters. The molecule has 0 radical (unpaired) electrons. The van der Waals surface area contributed by atoms with E-state index in [9.17, 15) is 13.8 Å². The van der Waals surface area contributed by atoms with E-state index in [1.807, 2.05) is 0 Å². The van der Waals surface area contributed by atoms with Gasteiger partial charge in [0.05, 0.1) is 33.5 Å². The number of hydrogen-bond acceptors (Lipinski definition) is 10. The number of carbonyl (C=O) groups is 1. The Morgan fingerprint density at radius 1 is 0.944 bits per heavy atom. The van der Waals surface area contributed by atoms with Gasteiger partial charge in [-0.2, -0.15) is 9.97 Å². The molecule has 3 rings (SSSR count). The maximum absolute atomic E-state index is 13.6. The number of aromatic nitrogens is 2. The van der Waals surface area contributed by atoms with Gasteiger partial charge in [-0.15, -0.1) is 0 Å². The van der Waals surface area contributed by atoms with Crippen molar-refractivity contribution in [2.24, 2.45) is 0 Å². The number of para-hydroxylation sites is 1. The van der Waals surface area contributed by atoms with E-state index in [-0.39, 0.29) is 47.9 Å². The lowest BCUT2D eigenvalue weighted by Gasteiger charge is -2.26. The zero-order chi connectivity index (χ0) is 26.1. The maximum Gasteiger partial charge on any atom is 0.375 e. The van der Waals surface area contributed by atoms with Gasteiger partial charge in [0.15, 0.2) is 0 Å². The average molecular weight is 520 g/mol. The minimum absolute atomic E-state index is 0.0189. The summed E-state index contributed by atoms with van der Waals surface area (Å²) >= 11 is 0. The van der Waals surface area contributed by atoms with Crippen LogP contribution in [0.15, 0.2) is 54.6 Å². The maximum atomic E-state index is 13.6. The summed E-state index contributed by atoms with van der Waals surface area (Å²) in [5.41, 5.74) is 0.212. The number of rotatable bonds is 12. The Morgan fingerprint density at radius 3 is 2.08 bits per heavy atom. The predicted octanol–water partition coefficient (Wildman–Crippen LogP) is 5.55. The zero-order valence-electron chi connectivity index (χ0n) is 20.2. The van der Waals surface area contributed by atoms with Gasteiger partial charge >= 0.3 is 19.6 Å². The molecule has 0 amide bonds. The van der Waals surface area contributed by atoms with Crippen LogP contribution in [0.2, 0.25) is 0 Å². The highest BCUT2D eigenvalue weighted by Crippen LogP contribution is 2.61. The molecule has 0 N–H and O–H groups in total. The molecule has 0 saturated carbocycles. The number of carbonyl (C=O) groups excluding carboxylic acids is 1. The molecule has 0 fully saturated rings. The van der Waals surface area contributed by atoms with E-state index in [4.69, 9.17) is 28.0 Å². The van der Waals surface area contributed by atoms with E-state index in [0.717, 1.165) is 12.1 Å². The van der Waals surface area contributed by atoms with E-state index < -0.39 is 25.2 Å². The van der Waals surface area contributed by atoms with Crippen LogP contribution in [0.1, 0.15) is 35.6 Å². The molecule has 0 spiro atoms. The standard InChI is InChI=1S/C24H26FN2O8P/c1-5-32-36(29,33-6-2)23(16-11-13-17(25)14-12-16)35-22(28)18-9-7-8-10-19(18)34-24-26-20(30-3)15-21(27-24)31-4/h7-15,23H,5-6H2,1-4H3. The lowest BCUT2D eigenvalue weighted by Crippen LogP contribution is -2.16. The summed E-state index contributed by atoms with van der Waals surface area (Å²) in [6, 6.07) is 12.5. The zero-order valence-corrected chi connectivity index (χ0v) is 21.1. The first-order chi connectivity index (χ1) is 17.3. The third-order valence-corrected chi connectivity index (χ3v) is 6.88. The van der Waals surface area contributed by atoms with Gasteiger partial charge in [-0.1, -0.05) is 24.3 Å². The number of ether oxygens (including phenoxy) is 4. The minimum Gasteiger partial charge on any atom is -0.481 e. The highest BCUT2D eigenvalue weighted by molar-refractivity contribution is 7.54. The van der Waals surface area contributed by atoms with Crippen molar-refractivity contribution in [3.63, 3.8) is 0 Å². The van der Waals surface area contributed by atoms with Gasteiger partial charge in [0.2, 0.25) is 17.6 Å². The smallest absolute Gasteiger partial charge is 0.375 e. The molecular formula is C24H26FN2O8P. The topological polar surface area (TPSA) is 115 Å². The fourth-order valence-corrected chi connectivity index (χ4v) is 4.93. The number of nitrogens with zero attached hydrogens (tertiary/aromatic N) is 2. The predicted molar refractivity (Wildman–Crippen MR) is 127 cm³/mol. The molecule has 3 aromatic rings. The van der Waals surface area contributed by atoms with E-state index >= 15 is 0 Å². The lowest BCUT2D eigenvalue weighted by molar-refractivity contribution is 0.0361. The van der Waals surface area contributed by atoms with Crippen LogP contribution in [-0.2, 0) is 18.3 Å². The molecule has 36 heavy (non-hydrogen) atoms. The van der Waals surface area contributed by atoms with Crippen LogP contribution >= 0.6 is 7.60 Å². The van der Waals surface area contributed by atoms with Gasteiger partial charge in [0.1, 0.15) is 17.1 Å². The van der Waals surface area contributed by atoms with Gasteiger partial charge in [0, 0.05) is 5.56 Å². The molecule has 1 atom stereocenters. The van der Waals surface area contributed by atoms with Gasteiger partial charge in [-0.05, 0) is 38.1 Å². The summed E-state index contributed by atoms with van der Waals surface area (Å²) in [6.45, 7) is 3.31. The number of esters is 1. The molecule has 0 saturated heterocycles. The van der Waals surface area contributed by atoms with E-state index in [2.05, 4.69) is 9.97 Å². The third-order valence-electron chi connectivity index (χ3n) is 4.66. The van der Waals surface area contributed by atoms with Gasteiger partial charge in [-0.25, -0.2) is 9.18 Å². The van der Waals surface area contributed by atoms with Crippen LogP contribution < -0.4 is 14.2 Å². The third kappa shape index (κ3) is 6.57. The number of halogens is 1. The van der Waals surface area contributed by atoms with Crippen LogP contribution in [0.4, 0.5) is 4.39 Å². The van der Waals surface area contributed by atoms with Crippen LogP contribution in [0, 0.1) is 5.82 Å². The molecular weight excluding hydrogens is 494 g/mol. The Hall–Kier alpha value is -3.53. The largest absolute Gasteiger partial charge is 0.481 e. The van der Waals surface area contributed by atoms with Crippen molar-refractivity contribution in [3.05, 3.63) is 71.5 Å². The van der Waals surface area contributed by atoms with E-state index in [1.165, 1.54) is 44.6 Å². The van der Waals surface area contributed by atoms with Crippen molar-refractivity contribution in [2.45, 2.75) is 19.7 Å². The molecule has 10 nitrogen and oxygen atoms in total. The Bertz CT molecular complexity index is 1190. The fraction of sp³-hybridized carbons (Fsp3) is 0.292. The second kappa shape index (κ2) is 12.4. The molecule has 1 heterocycles. The second-order valence-corrected chi connectivity index (χ2v) is 9.08. The first-order valence-electron chi connectivity index (χ1n) is 10.9. The molecule has 0 aliphatic heterocycles. The van der Waals surface area contributed by atoms with Crippen LogP contribution in [0.5, 0.6) is 23.5 Å². The highest BCUT2D eigenvalue weighted by Gasteiger charge is 2.41. The number of hydrogen-bond donors (Lipinski definition) is 0. The summed E-state index contributed by atoms with van der Waals surface area (Å²) in [7, 11) is -1.17. The Labute approximate surface area is 207 Å². The van der Waals surface area contributed by atoms with E-state index in [0.29, 0.717) is 0 Å². The lowest BCUT2D eigenvalue weighted by atomic mass is 10.2. The molecule has 0 bridgehead atoms. The molecule has 2 aromatic carbocycles. The number of methoxy groups -OCH3 is 2. The van der Waals surface area contributed by atoms with Crippen LogP contribution in [-0.4, -0.2) is 43.4 Å². The van der Waals surface area contributed by atoms with Crippen molar-refractivity contribution in [1.29, 1.82) is 0 Å². The summed E-state index contributed by atoms with van der Waals surface area (Å²) < 4.78 is 59.6. The van der Waals surface area contributed by atoms with Crippen LogP contribution in [0.3, 0.4) is 0 Å². The van der Waals surface area contributed by atoms with Gasteiger partial charge in [0.25, 0.3) is 0 Å². The Kier molecular flexibility index (Phi) is 9.35. The highest BCUT2D eigenvalue weighted by atomic mass is 31.2. The first-order valence-corrected chi connectivity index (χ1v) is 12.5. The Balaban J connectivity index is 1.97. The van der Waals surface area contributed by atoms with Crippen LogP contribution in [0.25, 0.3) is 0 Å². The molecule has 1 aromatic heterocycles. The van der Waals surface area contributed by atoms with E-state index in [1.54, 1.807) is 26.0 Å². The van der Waals surface area contributed by atoms with Crippen molar-refractivity contribution in [2.75, 3.05) is 27.4 Å². The minimum atomic E-state index is -4.01. The van der Waals surface area contributed by atoms with Crippen molar-refractivity contribution < 1.29 is 41.7 Å². The van der Waals surface area contributed by atoms with Gasteiger partial charge < -0.3 is 28.0 Å². The summed E-state index contributed by atoms with van der Waals surface area (Å²) in [5, 5.41) is 0. The molecule has 12 heteroatoms. The summed E-state index contributed by atoms with van der Waals surface area (Å²) in [5.74, 6) is -2.45. The summed E-state index contributed by atoms with van der Waals surface area (Å²) in [4.78, 5) is 21.5. The average Bonchev–Trinajstić information content (AvgIpc) is 2.88. The quantitative estimate of drug-likeness (QED) is 0.222. The molecule has 192 valence electrons. The van der Waals surface area contributed by atoms with Gasteiger partial charge in [-0.3, -0.25) is 4.57 Å². The Morgan fingerprint density at radius 2 is 1.53 bits per heavy atom. The van der Waals surface area contributed by atoms with Crippen molar-refractivity contribution in [3.8, 4) is 23.5 Å². The van der Waals surface area contributed by atoms with Crippen molar-refractivity contribution >= 4 is 13.6 Å². The normalized spacial score (nSPS) is 12.0. The number of benzene rings is 2. The SMILES string of the molecule is CCOP(=O)(OCC)C(OC(=O)c1ccccc1Oc1nc(OC)cc(OC)n1)c1ccc(F)cc1. The monoisotopic (exact) mass is 520 g/mol. The fourth-order valence-electron chi connectivity index (χ4n) is 3.10. The van der Waals surface area contributed by atoms with Crippen molar-refractivity contribution in [1.82, 2.24) is 9.97 Å².